The smallest absolute Gasteiger partial charge is 0.352 e. The number of primary amides is 1. The number of phenols is 1. The number of fused-ring (bicyclic) bond motifs is 1. The number of amides is 3. The van der Waals surface area contributed by atoms with E-state index in [0.717, 1.165) is 28.8 Å². The normalized spacial score (nSPS) is 20.2. The average molecular weight is 524 g/mol. The van der Waals surface area contributed by atoms with Crippen molar-refractivity contribution in [3.63, 3.8) is 0 Å². The van der Waals surface area contributed by atoms with Crippen LogP contribution in [0.5, 0.6) is 5.75 Å². The number of aromatic amines is 1. The van der Waals surface area contributed by atoms with Crippen molar-refractivity contribution in [3.8, 4) is 5.75 Å². The summed E-state index contributed by atoms with van der Waals surface area (Å²) >= 11 is 2.28. The number of carboxylic acids is 1. The molecule has 2 aromatic rings. The van der Waals surface area contributed by atoms with Crippen molar-refractivity contribution >= 4 is 47.2 Å². The van der Waals surface area contributed by atoms with Gasteiger partial charge in [-0.3, -0.25) is 19.3 Å². The summed E-state index contributed by atoms with van der Waals surface area (Å²) < 4.78 is 13.6. The number of H-pyrrole nitrogens is 1. The lowest BCUT2D eigenvalue weighted by atomic mass is 10.0. The first-order chi connectivity index (χ1) is 16.6. The molecular formula is C19H18FN7O6S2. The first-order valence-electron chi connectivity index (χ1n) is 9.87. The van der Waals surface area contributed by atoms with Crippen LogP contribution in [0.15, 0.2) is 34.5 Å². The summed E-state index contributed by atoms with van der Waals surface area (Å²) in [5, 5.41) is 30.8. The van der Waals surface area contributed by atoms with Gasteiger partial charge in [0, 0.05) is 11.5 Å². The number of carbonyl (C=O) groups excluding carboxylic acids is 3. The quantitative estimate of drug-likeness (QED) is 0.187. The zero-order valence-corrected chi connectivity index (χ0v) is 19.2. The Hall–Kier alpha value is -3.63. The zero-order valence-electron chi connectivity index (χ0n) is 17.6. The predicted molar refractivity (Wildman–Crippen MR) is 120 cm³/mol. The van der Waals surface area contributed by atoms with Gasteiger partial charge in [-0.15, -0.1) is 22.0 Å². The lowest BCUT2D eigenvalue weighted by Gasteiger charge is -2.49. The molecule has 1 aromatic heterocycles. The van der Waals surface area contributed by atoms with Crippen LogP contribution in [-0.4, -0.2) is 77.1 Å². The fourth-order valence-electron chi connectivity index (χ4n) is 3.54. The number of carboxylic acid groups (broad SMARTS) is 1. The van der Waals surface area contributed by atoms with E-state index in [1.54, 1.807) is 0 Å². The average Bonchev–Trinajstić information content (AvgIpc) is 3.30. The fourth-order valence-corrected chi connectivity index (χ4v) is 5.96. The zero-order chi connectivity index (χ0) is 25.4. The Morgan fingerprint density at radius 3 is 2.77 bits per heavy atom. The molecule has 2 aliphatic rings. The van der Waals surface area contributed by atoms with Gasteiger partial charge < -0.3 is 27.0 Å². The van der Waals surface area contributed by atoms with Gasteiger partial charge in [0.2, 0.25) is 5.91 Å². The molecule has 0 radical (unpaired) electrons. The number of benzene rings is 1. The van der Waals surface area contributed by atoms with Gasteiger partial charge in [-0.1, -0.05) is 17.8 Å². The number of halogens is 1. The number of carbonyl (C=O) groups is 4. The highest BCUT2D eigenvalue weighted by Crippen LogP contribution is 2.41. The second-order valence-electron chi connectivity index (χ2n) is 7.47. The Morgan fingerprint density at radius 2 is 2.11 bits per heavy atom. The molecule has 35 heavy (non-hydrogen) atoms. The Balaban J connectivity index is 1.46. The summed E-state index contributed by atoms with van der Waals surface area (Å²) in [6.07, 6.45) is 0. The van der Waals surface area contributed by atoms with Gasteiger partial charge in [-0.25, -0.2) is 9.18 Å². The number of hydrogen-bond donors (Lipinski definition) is 6. The minimum atomic E-state index is -1.32. The number of thioether (sulfide) groups is 2. The number of hydrogen-bond acceptors (Lipinski definition) is 10. The van der Waals surface area contributed by atoms with E-state index in [-0.39, 0.29) is 33.5 Å². The molecule has 16 heteroatoms. The van der Waals surface area contributed by atoms with Gasteiger partial charge in [-0.05, 0) is 23.3 Å². The fraction of sp³-hybridized carbons (Fsp3) is 0.263. The van der Waals surface area contributed by atoms with E-state index in [1.165, 1.54) is 17.8 Å². The van der Waals surface area contributed by atoms with Crippen LogP contribution in [0, 0.1) is 5.82 Å². The predicted octanol–water partition coefficient (Wildman–Crippen LogP) is -0.721. The van der Waals surface area contributed by atoms with Crippen molar-refractivity contribution in [2.24, 2.45) is 11.5 Å². The van der Waals surface area contributed by atoms with Crippen LogP contribution in [-0.2, 0) is 14.4 Å². The standard InChI is InChI=1S/C19H18FN7O6S2/c20-8-3-6(1-2-9(8)28)10(21)15(30)23-12-17(31)27-13(19(32)33)7(5-35-18(12)27)4-34-16-11(14(22)29)24-26-25-16/h1-3,10,12,18,28H,4-5,21H2,(H2,22,29)(H,23,30)(H,32,33)(H,24,25,26)/t10?,12?,18-/m1/s1. The van der Waals surface area contributed by atoms with Gasteiger partial charge in [-0.2, -0.15) is 5.21 Å². The Kier molecular flexibility index (Phi) is 6.68. The first kappa shape index (κ1) is 24.5. The number of nitrogens with zero attached hydrogens (tertiary/aromatic N) is 3. The summed E-state index contributed by atoms with van der Waals surface area (Å²) in [7, 11) is 0. The summed E-state index contributed by atoms with van der Waals surface area (Å²) in [6, 6.07) is 0.906. The van der Waals surface area contributed by atoms with E-state index in [2.05, 4.69) is 20.7 Å². The maximum Gasteiger partial charge on any atom is 0.352 e. The van der Waals surface area contributed by atoms with Crippen molar-refractivity contribution in [3.05, 3.63) is 46.5 Å². The highest BCUT2D eigenvalue weighted by molar-refractivity contribution is 8.01. The number of phenolic OH excluding ortho intramolecular Hbond substituents is 1. The molecule has 4 rings (SSSR count). The highest BCUT2D eigenvalue weighted by Gasteiger charge is 2.54. The van der Waals surface area contributed by atoms with Crippen molar-refractivity contribution in [2.75, 3.05) is 11.5 Å². The SMILES string of the molecule is NC(=O)c1n[nH]nc1SCC1=C(C(=O)O)N2C(=O)C(NC(=O)C(N)c3ccc(O)c(F)c3)[C@H]2SC1. The molecule has 0 bridgehead atoms. The van der Waals surface area contributed by atoms with Crippen LogP contribution in [0.4, 0.5) is 4.39 Å². The molecule has 0 saturated carbocycles. The molecule has 8 N–H and O–H groups in total. The second-order valence-corrected chi connectivity index (χ2v) is 9.54. The van der Waals surface area contributed by atoms with Crippen LogP contribution in [0.1, 0.15) is 22.1 Å². The molecule has 184 valence electrons. The summed E-state index contributed by atoms with van der Waals surface area (Å²) in [4.78, 5) is 49.8. The van der Waals surface area contributed by atoms with E-state index < -0.39 is 52.7 Å². The number of nitrogens with two attached hydrogens (primary N) is 2. The molecule has 13 nitrogen and oxygen atoms in total. The topological polar surface area (TPSA) is 218 Å². The van der Waals surface area contributed by atoms with Crippen molar-refractivity contribution in [2.45, 2.75) is 22.5 Å². The third kappa shape index (κ3) is 4.54. The van der Waals surface area contributed by atoms with Crippen LogP contribution in [0.3, 0.4) is 0 Å². The number of aliphatic carboxylic acids is 1. The third-order valence-electron chi connectivity index (χ3n) is 5.29. The van der Waals surface area contributed by atoms with Gasteiger partial charge in [0.15, 0.2) is 22.3 Å². The monoisotopic (exact) mass is 523 g/mol. The molecule has 0 aliphatic carbocycles. The van der Waals surface area contributed by atoms with Crippen LogP contribution in [0.2, 0.25) is 0 Å². The highest BCUT2D eigenvalue weighted by atomic mass is 32.2. The van der Waals surface area contributed by atoms with Crippen LogP contribution >= 0.6 is 23.5 Å². The van der Waals surface area contributed by atoms with E-state index >= 15 is 0 Å². The van der Waals surface area contributed by atoms with Crippen molar-refractivity contribution in [1.29, 1.82) is 0 Å². The van der Waals surface area contributed by atoms with E-state index in [0.29, 0.717) is 5.57 Å². The van der Waals surface area contributed by atoms with E-state index in [1.807, 2.05) is 0 Å². The molecule has 2 unspecified atom stereocenters. The van der Waals surface area contributed by atoms with Crippen molar-refractivity contribution in [1.82, 2.24) is 25.6 Å². The number of β-lactam (4-membered cyclic amide) rings is 1. The van der Waals surface area contributed by atoms with Gasteiger partial charge in [0.25, 0.3) is 11.8 Å². The Bertz CT molecular complexity index is 1270. The second kappa shape index (κ2) is 9.55. The molecule has 2 aliphatic heterocycles. The minimum Gasteiger partial charge on any atom is -0.505 e. The Labute approximate surface area is 204 Å². The molecule has 1 fully saturated rings. The van der Waals surface area contributed by atoms with Crippen LogP contribution < -0.4 is 16.8 Å². The van der Waals surface area contributed by atoms with Crippen LogP contribution in [0.25, 0.3) is 0 Å². The van der Waals surface area contributed by atoms with Gasteiger partial charge in [0.05, 0.1) is 0 Å². The number of aromatic nitrogens is 3. The van der Waals surface area contributed by atoms with Gasteiger partial charge >= 0.3 is 5.97 Å². The molecule has 1 aromatic carbocycles. The molecule has 3 atom stereocenters. The molecule has 3 amide bonds. The minimum absolute atomic E-state index is 0.0820. The van der Waals surface area contributed by atoms with E-state index in [9.17, 15) is 33.8 Å². The number of rotatable bonds is 8. The van der Waals surface area contributed by atoms with Crippen molar-refractivity contribution < 1.29 is 33.8 Å². The number of nitrogens with one attached hydrogen (secondary N) is 2. The molecule has 1 saturated heterocycles. The molecule has 0 spiro atoms. The molecule has 3 heterocycles. The first-order valence-corrected chi connectivity index (χ1v) is 11.9. The number of aromatic hydroxyl groups is 1. The maximum absolute atomic E-state index is 13.6. The lowest BCUT2D eigenvalue weighted by molar-refractivity contribution is -0.150. The lowest BCUT2D eigenvalue weighted by Crippen LogP contribution is -2.71. The van der Waals surface area contributed by atoms with Gasteiger partial charge in [0.1, 0.15) is 23.2 Å². The van der Waals surface area contributed by atoms with E-state index in [4.69, 9.17) is 11.5 Å². The summed E-state index contributed by atoms with van der Waals surface area (Å²) in [6.45, 7) is 0. The third-order valence-corrected chi connectivity index (χ3v) is 7.68. The summed E-state index contributed by atoms with van der Waals surface area (Å²) in [5.41, 5.74) is 11.3. The maximum atomic E-state index is 13.6. The largest absolute Gasteiger partial charge is 0.505 e. The summed E-state index contributed by atoms with van der Waals surface area (Å²) in [5.74, 6) is -4.73. The Morgan fingerprint density at radius 1 is 1.37 bits per heavy atom. The molecular weight excluding hydrogens is 505 g/mol.